The highest BCUT2D eigenvalue weighted by atomic mass is 16.5. The number of carbonyl (C=O) groups is 1. The first-order valence-electron chi connectivity index (χ1n) is 9.13. The SMILES string of the molecule is COc1ccc(C2CCCN2C(=O)NCCN(C)c2ccccc2)cc1. The number of anilines is 1. The molecule has 0 radical (unpaired) electrons. The van der Waals surface area contributed by atoms with Crippen molar-refractivity contribution in [2.75, 3.05) is 38.7 Å². The monoisotopic (exact) mass is 353 g/mol. The average molecular weight is 353 g/mol. The van der Waals surface area contributed by atoms with Crippen molar-refractivity contribution >= 4 is 11.7 Å². The number of methoxy groups -OCH3 is 1. The highest BCUT2D eigenvalue weighted by Gasteiger charge is 2.29. The molecule has 1 N–H and O–H groups in total. The molecule has 1 fully saturated rings. The van der Waals surface area contributed by atoms with Crippen LogP contribution >= 0.6 is 0 Å². The van der Waals surface area contributed by atoms with Gasteiger partial charge in [0.1, 0.15) is 5.75 Å². The van der Waals surface area contributed by atoms with Gasteiger partial charge >= 0.3 is 6.03 Å². The van der Waals surface area contributed by atoms with Crippen LogP contribution in [0.3, 0.4) is 0 Å². The summed E-state index contributed by atoms with van der Waals surface area (Å²) in [6.07, 6.45) is 2.04. The predicted molar refractivity (Wildman–Crippen MR) is 105 cm³/mol. The maximum Gasteiger partial charge on any atom is 0.317 e. The molecule has 1 heterocycles. The molecular weight excluding hydrogens is 326 g/mol. The van der Waals surface area contributed by atoms with E-state index in [2.05, 4.69) is 34.5 Å². The van der Waals surface area contributed by atoms with E-state index in [1.54, 1.807) is 7.11 Å². The molecule has 2 amide bonds. The molecule has 2 aromatic rings. The van der Waals surface area contributed by atoms with Crippen LogP contribution in [-0.4, -0.2) is 44.7 Å². The van der Waals surface area contributed by atoms with Gasteiger partial charge in [-0.05, 0) is 42.7 Å². The van der Waals surface area contributed by atoms with E-state index >= 15 is 0 Å². The molecule has 1 saturated heterocycles. The van der Waals surface area contributed by atoms with Crippen LogP contribution in [0, 0.1) is 0 Å². The minimum absolute atomic E-state index is 0.0183. The van der Waals surface area contributed by atoms with Crippen LogP contribution in [0.25, 0.3) is 0 Å². The summed E-state index contributed by atoms with van der Waals surface area (Å²) in [7, 11) is 3.70. The van der Waals surface area contributed by atoms with Crippen molar-refractivity contribution in [2.24, 2.45) is 0 Å². The summed E-state index contributed by atoms with van der Waals surface area (Å²) in [6, 6.07) is 18.4. The first-order chi connectivity index (χ1) is 12.7. The van der Waals surface area contributed by atoms with E-state index in [1.165, 1.54) is 5.56 Å². The molecule has 26 heavy (non-hydrogen) atoms. The molecule has 0 saturated carbocycles. The third kappa shape index (κ3) is 4.28. The first-order valence-corrected chi connectivity index (χ1v) is 9.13. The van der Waals surface area contributed by atoms with Gasteiger partial charge in [-0.2, -0.15) is 0 Å². The Morgan fingerprint density at radius 1 is 1.19 bits per heavy atom. The van der Waals surface area contributed by atoms with Gasteiger partial charge in [-0.3, -0.25) is 0 Å². The van der Waals surface area contributed by atoms with Crippen LogP contribution in [-0.2, 0) is 0 Å². The van der Waals surface area contributed by atoms with E-state index < -0.39 is 0 Å². The minimum atomic E-state index is 0.0183. The number of urea groups is 1. The Morgan fingerprint density at radius 3 is 2.62 bits per heavy atom. The Bertz CT molecular complexity index is 703. The topological polar surface area (TPSA) is 44.8 Å². The van der Waals surface area contributed by atoms with Crippen LogP contribution < -0.4 is 15.0 Å². The summed E-state index contributed by atoms with van der Waals surface area (Å²) in [5.74, 6) is 0.840. The van der Waals surface area contributed by atoms with E-state index in [1.807, 2.05) is 42.3 Å². The number of amides is 2. The zero-order valence-electron chi connectivity index (χ0n) is 15.5. The van der Waals surface area contributed by atoms with Crippen molar-refractivity contribution in [1.82, 2.24) is 10.2 Å². The fourth-order valence-electron chi connectivity index (χ4n) is 3.43. The van der Waals surface area contributed by atoms with Crippen molar-refractivity contribution in [1.29, 1.82) is 0 Å². The number of nitrogens with one attached hydrogen (secondary N) is 1. The summed E-state index contributed by atoms with van der Waals surface area (Å²) in [5, 5.41) is 3.07. The number of para-hydroxylation sites is 1. The van der Waals surface area contributed by atoms with Crippen LogP contribution in [0.2, 0.25) is 0 Å². The molecule has 3 rings (SSSR count). The van der Waals surface area contributed by atoms with Crippen LogP contribution in [0.1, 0.15) is 24.4 Å². The molecule has 0 spiro atoms. The van der Waals surface area contributed by atoms with Crippen molar-refractivity contribution in [2.45, 2.75) is 18.9 Å². The van der Waals surface area contributed by atoms with E-state index in [0.717, 1.165) is 37.4 Å². The van der Waals surface area contributed by atoms with Crippen LogP contribution in [0.15, 0.2) is 54.6 Å². The maximum absolute atomic E-state index is 12.6. The standard InChI is InChI=1S/C21H27N3O2/c1-23(18-7-4-3-5-8-18)16-14-22-21(25)24-15-6-9-20(24)17-10-12-19(26-2)13-11-17/h3-5,7-8,10-13,20H,6,9,14-16H2,1-2H3,(H,22,25). The summed E-state index contributed by atoms with van der Waals surface area (Å²) in [4.78, 5) is 16.7. The summed E-state index contributed by atoms with van der Waals surface area (Å²) in [5.41, 5.74) is 2.32. The highest BCUT2D eigenvalue weighted by molar-refractivity contribution is 5.75. The molecule has 1 unspecified atom stereocenters. The number of benzene rings is 2. The molecule has 138 valence electrons. The first kappa shape index (κ1) is 18.1. The lowest BCUT2D eigenvalue weighted by Crippen LogP contribution is -2.42. The lowest BCUT2D eigenvalue weighted by Gasteiger charge is -2.26. The second kappa shape index (κ2) is 8.61. The number of likely N-dealkylation sites (N-methyl/N-ethyl adjacent to an activating group) is 1. The van der Waals surface area contributed by atoms with Gasteiger partial charge in [0.05, 0.1) is 13.2 Å². The normalized spacial score (nSPS) is 16.4. The maximum atomic E-state index is 12.6. The van der Waals surface area contributed by atoms with Gasteiger partial charge in [0.2, 0.25) is 0 Å². The quantitative estimate of drug-likeness (QED) is 0.862. The number of nitrogens with zero attached hydrogens (tertiary/aromatic N) is 2. The summed E-state index contributed by atoms with van der Waals surface area (Å²) < 4.78 is 5.22. The fourth-order valence-corrected chi connectivity index (χ4v) is 3.43. The number of hydrogen-bond acceptors (Lipinski definition) is 3. The number of likely N-dealkylation sites (tertiary alicyclic amines) is 1. The lowest BCUT2D eigenvalue weighted by atomic mass is 10.0. The minimum Gasteiger partial charge on any atom is -0.497 e. The zero-order chi connectivity index (χ0) is 18.4. The van der Waals surface area contributed by atoms with Crippen molar-refractivity contribution in [3.8, 4) is 5.75 Å². The Morgan fingerprint density at radius 2 is 1.92 bits per heavy atom. The van der Waals surface area contributed by atoms with Gasteiger partial charge in [0.25, 0.3) is 0 Å². The van der Waals surface area contributed by atoms with Gasteiger partial charge in [0, 0.05) is 32.4 Å². The molecule has 1 aliphatic rings. The number of ether oxygens (including phenoxy) is 1. The molecule has 5 nitrogen and oxygen atoms in total. The molecular formula is C21H27N3O2. The molecule has 0 aliphatic carbocycles. The third-order valence-corrected chi connectivity index (χ3v) is 4.93. The lowest BCUT2D eigenvalue weighted by molar-refractivity contribution is 0.193. The van der Waals surface area contributed by atoms with Crippen molar-refractivity contribution < 1.29 is 9.53 Å². The average Bonchev–Trinajstić information content (AvgIpc) is 3.18. The Balaban J connectivity index is 1.53. The highest BCUT2D eigenvalue weighted by Crippen LogP contribution is 2.32. The molecule has 1 atom stereocenters. The van der Waals surface area contributed by atoms with Crippen LogP contribution in [0.4, 0.5) is 10.5 Å². The molecule has 1 aliphatic heterocycles. The molecule has 2 aromatic carbocycles. The molecule has 0 aromatic heterocycles. The number of rotatable bonds is 6. The second-order valence-corrected chi connectivity index (χ2v) is 6.61. The van der Waals surface area contributed by atoms with Gasteiger partial charge in [0.15, 0.2) is 0 Å². The van der Waals surface area contributed by atoms with E-state index in [4.69, 9.17) is 4.74 Å². The number of hydrogen-bond donors (Lipinski definition) is 1. The molecule has 5 heteroatoms. The van der Waals surface area contributed by atoms with Crippen LogP contribution in [0.5, 0.6) is 5.75 Å². The van der Waals surface area contributed by atoms with Gasteiger partial charge in [-0.1, -0.05) is 30.3 Å². The zero-order valence-corrected chi connectivity index (χ0v) is 15.5. The number of carbonyl (C=O) groups excluding carboxylic acids is 1. The second-order valence-electron chi connectivity index (χ2n) is 6.61. The van der Waals surface area contributed by atoms with Crippen molar-refractivity contribution in [3.05, 3.63) is 60.2 Å². The Kier molecular flexibility index (Phi) is 6.00. The third-order valence-electron chi connectivity index (χ3n) is 4.93. The fraction of sp³-hybridized carbons (Fsp3) is 0.381. The predicted octanol–water partition coefficient (Wildman–Crippen LogP) is 3.68. The smallest absolute Gasteiger partial charge is 0.317 e. The largest absolute Gasteiger partial charge is 0.497 e. The molecule has 0 bridgehead atoms. The van der Waals surface area contributed by atoms with E-state index in [-0.39, 0.29) is 12.1 Å². The van der Waals surface area contributed by atoms with Crippen molar-refractivity contribution in [3.63, 3.8) is 0 Å². The van der Waals surface area contributed by atoms with Gasteiger partial charge in [-0.15, -0.1) is 0 Å². The summed E-state index contributed by atoms with van der Waals surface area (Å²) in [6.45, 7) is 2.20. The van der Waals surface area contributed by atoms with E-state index in [0.29, 0.717) is 6.54 Å². The summed E-state index contributed by atoms with van der Waals surface area (Å²) >= 11 is 0. The van der Waals surface area contributed by atoms with Gasteiger partial charge in [-0.25, -0.2) is 4.79 Å². The Labute approximate surface area is 155 Å². The van der Waals surface area contributed by atoms with Gasteiger partial charge < -0.3 is 19.9 Å². The Hall–Kier alpha value is -2.69. The van der Waals surface area contributed by atoms with E-state index in [9.17, 15) is 4.79 Å².